The van der Waals surface area contributed by atoms with Gasteiger partial charge < -0.3 is 20.2 Å². The van der Waals surface area contributed by atoms with E-state index in [1.54, 1.807) is 5.38 Å². The van der Waals surface area contributed by atoms with E-state index in [-0.39, 0.29) is 23.7 Å². The Balaban J connectivity index is 0.999. The van der Waals surface area contributed by atoms with Crippen LogP contribution in [-0.4, -0.2) is 55.0 Å². The first-order valence-electron chi connectivity index (χ1n) is 20.9. The molecular formula is C52H42IN5O5S2. The highest BCUT2D eigenvalue weighted by Crippen LogP contribution is 2.43. The molecule has 0 spiro atoms. The lowest BCUT2D eigenvalue weighted by Gasteiger charge is -2.49. The number of carbonyl (C=O) groups is 3. The summed E-state index contributed by atoms with van der Waals surface area (Å²) in [6.07, 6.45) is -0.696. The van der Waals surface area contributed by atoms with Crippen molar-refractivity contribution in [2.75, 3.05) is 15.5 Å². The number of rotatable bonds is 16. The van der Waals surface area contributed by atoms with E-state index in [1.807, 2.05) is 146 Å². The van der Waals surface area contributed by atoms with Crippen LogP contribution in [0.1, 0.15) is 45.2 Å². The van der Waals surface area contributed by atoms with Gasteiger partial charge >= 0.3 is 5.97 Å². The van der Waals surface area contributed by atoms with E-state index in [2.05, 4.69) is 74.8 Å². The third-order valence-corrected chi connectivity index (χ3v) is 14.2. The average molecular weight is 1010 g/mol. The number of alkyl halides is 1. The van der Waals surface area contributed by atoms with Crippen LogP contribution in [-0.2, 0) is 36.1 Å². The van der Waals surface area contributed by atoms with Crippen molar-refractivity contribution in [2.24, 2.45) is 5.16 Å². The number of esters is 1. The number of fused-ring (bicyclic) bond motifs is 1. The van der Waals surface area contributed by atoms with Gasteiger partial charge in [-0.05, 0) is 39.0 Å². The van der Waals surface area contributed by atoms with Gasteiger partial charge in [0.25, 0.3) is 11.8 Å². The van der Waals surface area contributed by atoms with Crippen molar-refractivity contribution >= 4 is 74.3 Å². The Morgan fingerprint density at radius 1 is 0.754 bits per heavy atom. The zero-order valence-electron chi connectivity index (χ0n) is 34.8. The number of halogens is 1. The number of aromatic nitrogens is 1. The highest BCUT2D eigenvalue weighted by Gasteiger charge is 2.55. The van der Waals surface area contributed by atoms with Crippen LogP contribution in [0.25, 0.3) is 0 Å². The predicted molar refractivity (Wildman–Crippen MR) is 264 cm³/mol. The van der Waals surface area contributed by atoms with E-state index >= 15 is 0 Å². The average Bonchev–Trinajstić information content (AvgIpc) is 3.84. The Morgan fingerprint density at radius 3 is 1.78 bits per heavy atom. The number of β-lactam (4-membered cyclic amide) rings is 1. The molecule has 65 heavy (non-hydrogen) atoms. The lowest BCUT2D eigenvalue weighted by molar-refractivity contribution is -0.154. The largest absolute Gasteiger partial charge is 0.448 e. The second-order valence-corrected chi connectivity index (χ2v) is 18.0. The molecule has 1 aromatic heterocycles. The molecule has 3 heterocycles. The molecule has 7 aromatic rings. The molecule has 2 aliphatic rings. The number of anilines is 1. The molecule has 10 nitrogen and oxygen atoms in total. The summed E-state index contributed by atoms with van der Waals surface area (Å²) in [7, 11) is 0. The predicted octanol–water partition coefficient (Wildman–Crippen LogP) is 9.89. The second kappa shape index (κ2) is 20.1. The van der Waals surface area contributed by atoms with E-state index < -0.39 is 40.8 Å². The molecule has 2 unspecified atom stereocenters. The minimum atomic E-state index is -0.956. The first kappa shape index (κ1) is 43.7. The van der Waals surface area contributed by atoms with E-state index in [1.165, 1.54) is 28.0 Å². The number of nitrogens with zero attached hydrogens (tertiary/aromatic N) is 3. The van der Waals surface area contributed by atoms with Crippen LogP contribution in [0.15, 0.2) is 204 Å². The molecule has 2 atom stereocenters. The monoisotopic (exact) mass is 1010 g/mol. The highest BCUT2D eigenvalue weighted by atomic mass is 127. The molecule has 6 aromatic carbocycles. The number of oxime groups is 1. The minimum absolute atomic E-state index is 0.0984. The maximum atomic E-state index is 14.5. The van der Waals surface area contributed by atoms with Gasteiger partial charge in [0.15, 0.2) is 16.9 Å². The smallest absolute Gasteiger partial charge is 0.356 e. The number of hydrogen-bond donors (Lipinski definition) is 2. The van der Waals surface area contributed by atoms with Crippen LogP contribution in [0.5, 0.6) is 0 Å². The number of benzene rings is 6. The third-order valence-electron chi connectivity index (χ3n) is 11.2. The Hall–Kier alpha value is -6.55. The second-order valence-electron chi connectivity index (χ2n) is 15.3. The van der Waals surface area contributed by atoms with Gasteiger partial charge in [0.05, 0.1) is 0 Å². The summed E-state index contributed by atoms with van der Waals surface area (Å²) >= 11 is 5.02. The van der Waals surface area contributed by atoms with Gasteiger partial charge in [0.2, 0.25) is 0 Å². The molecule has 0 saturated carbocycles. The first-order chi connectivity index (χ1) is 31.9. The van der Waals surface area contributed by atoms with Crippen molar-refractivity contribution in [1.82, 2.24) is 15.2 Å². The number of carbonyl (C=O) groups excluding carboxylic acids is 3. The molecule has 2 amide bonds. The van der Waals surface area contributed by atoms with Gasteiger partial charge in [-0.25, -0.2) is 9.78 Å². The van der Waals surface area contributed by atoms with Gasteiger partial charge in [-0.2, -0.15) is 0 Å². The Labute approximate surface area is 398 Å². The summed E-state index contributed by atoms with van der Waals surface area (Å²) in [6, 6.07) is 58.1. The summed E-state index contributed by atoms with van der Waals surface area (Å²) in [5.74, 6) is -1.20. The van der Waals surface area contributed by atoms with Gasteiger partial charge in [0.1, 0.15) is 35.0 Å². The number of thioether (sulfide) groups is 1. The van der Waals surface area contributed by atoms with Gasteiger partial charge in [-0.1, -0.05) is 210 Å². The molecule has 2 N–H and O–H groups in total. The maximum absolute atomic E-state index is 14.5. The molecule has 1 fully saturated rings. The summed E-state index contributed by atoms with van der Waals surface area (Å²) < 4.78 is 6.78. The number of amides is 2. The molecule has 0 aliphatic carbocycles. The number of hydrogen-bond acceptors (Lipinski definition) is 10. The lowest BCUT2D eigenvalue weighted by Crippen LogP contribution is -2.71. The first-order valence-corrected chi connectivity index (χ1v) is 24.4. The minimum Gasteiger partial charge on any atom is -0.448 e. The number of nitrogens with one attached hydrogen (secondary N) is 2. The van der Waals surface area contributed by atoms with E-state index in [0.29, 0.717) is 15.3 Å². The molecule has 2 aliphatic heterocycles. The van der Waals surface area contributed by atoms with Gasteiger partial charge in [-0.15, -0.1) is 23.1 Å². The summed E-state index contributed by atoms with van der Waals surface area (Å²) in [5, 5.41) is 12.8. The van der Waals surface area contributed by atoms with Crippen LogP contribution >= 0.6 is 45.7 Å². The molecule has 1 saturated heterocycles. The van der Waals surface area contributed by atoms with Crippen molar-refractivity contribution in [3.63, 3.8) is 0 Å². The summed E-state index contributed by atoms with van der Waals surface area (Å²) in [6.45, 7) is 0.100. The standard InChI is InChI=1S/C52H42IN5O5S2/c53-31-38-33-64-49-44(48(60)58(49)45(38)50(61)63-46(36-21-9-2-10-22-36)37-23-11-3-12-24-37)55-47(59)43(57-62-32-35-19-7-1-8-20-35)42-34-65-51(54-42)56-52(39-25-13-4-14-26-39,40-27-15-5-16-28-40)41-29-17-6-18-30-41/h1-30,34,44,46,49H,31-33H2,(H,54,56)(H,55,59)/b57-43-. The van der Waals surface area contributed by atoms with E-state index in [9.17, 15) is 14.4 Å². The Morgan fingerprint density at radius 2 is 1.26 bits per heavy atom. The molecule has 0 radical (unpaired) electrons. The van der Waals surface area contributed by atoms with Crippen molar-refractivity contribution < 1.29 is 24.0 Å². The lowest BCUT2D eigenvalue weighted by atomic mass is 9.77. The summed E-state index contributed by atoms with van der Waals surface area (Å²) in [4.78, 5) is 55.2. The zero-order chi connectivity index (χ0) is 44.6. The van der Waals surface area contributed by atoms with Crippen LogP contribution in [0.3, 0.4) is 0 Å². The van der Waals surface area contributed by atoms with Crippen molar-refractivity contribution in [2.45, 2.75) is 29.7 Å². The molecule has 0 bridgehead atoms. The normalized spacial score (nSPS) is 16.1. The number of ether oxygens (including phenoxy) is 1. The van der Waals surface area contributed by atoms with Crippen LogP contribution in [0.2, 0.25) is 0 Å². The summed E-state index contributed by atoms with van der Waals surface area (Å²) in [5.41, 5.74) is 5.72. The van der Waals surface area contributed by atoms with Crippen LogP contribution in [0.4, 0.5) is 5.13 Å². The van der Waals surface area contributed by atoms with Gasteiger partial charge in [-0.3, -0.25) is 14.5 Å². The topological polar surface area (TPSA) is 122 Å². The Kier molecular flexibility index (Phi) is 13.5. The molecule has 9 rings (SSSR count). The zero-order valence-corrected chi connectivity index (χ0v) is 38.6. The molecule has 324 valence electrons. The van der Waals surface area contributed by atoms with E-state index in [4.69, 9.17) is 14.6 Å². The quantitative estimate of drug-likeness (QED) is 0.0187. The van der Waals surface area contributed by atoms with Crippen LogP contribution in [0, 0.1) is 0 Å². The van der Waals surface area contributed by atoms with E-state index in [0.717, 1.165) is 39.0 Å². The highest BCUT2D eigenvalue weighted by molar-refractivity contribution is 14.1. The van der Waals surface area contributed by atoms with Crippen LogP contribution < -0.4 is 10.6 Å². The van der Waals surface area contributed by atoms with Crippen molar-refractivity contribution in [3.05, 3.63) is 238 Å². The third kappa shape index (κ3) is 9.22. The molecule has 13 heteroatoms. The van der Waals surface area contributed by atoms with Crippen molar-refractivity contribution in [3.8, 4) is 0 Å². The molecular weight excluding hydrogens is 966 g/mol. The SMILES string of the molecule is O=C(OC(c1ccccc1)c1ccccc1)C1=C(CI)CSC2C(NC(=O)/C(=N\OCc3ccccc3)c3csc(NC(c4ccccc4)(c4ccccc4)c4ccccc4)n3)C(=O)N12. The fourth-order valence-corrected chi connectivity index (χ4v) is 11.2. The Bertz CT molecular complexity index is 2680. The fraction of sp³-hybridized carbons (Fsp3) is 0.135. The van der Waals surface area contributed by atoms with Gasteiger partial charge in [0, 0.05) is 15.6 Å². The maximum Gasteiger partial charge on any atom is 0.356 e. The van der Waals surface area contributed by atoms with Crippen molar-refractivity contribution in [1.29, 1.82) is 0 Å². The fourth-order valence-electron chi connectivity index (χ4n) is 8.06. The number of thiazole rings is 1.